The van der Waals surface area contributed by atoms with Crippen LogP contribution in [0.25, 0.3) is 5.57 Å². The fourth-order valence-electron chi connectivity index (χ4n) is 2.63. The summed E-state index contributed by atoms with van der Waals surface area (Å²) >= 11 is 0. The van der Waals surface area contributed by atoms with E-state index in [9.17, 15) is 15.3 Å². The Hall–Kier alpha value is -1.60. The van der Waals surface area contributed by atoms with Gasteiger partial charge in [-0.05, 0) is 37.6 Å². The van der Waals surface area contributed by atoms with Gasteiger partial charge in [0.2, 0.25) is 6.29 Å². The van der Waals surface area contributed by atoms with Gasteiger partial charge in [-0.1, -0.05) is 0 Å². The lowest BCUT2D eigenvalue weighted by Gasteiger charge is -2.38. The minimum Gasteiger partial charge on any atom is -0.489 e. The van der Waals surface area contributed by atoms with Crippen LogP contribution in [0.15, 0.2) is 24.3 Å². The number of hydrogen-bond acceptors (Lipinski definition) is 6. The second-order valence-corrected chi connectivity index (χ2v) is 5.66. The van der Waals surface area contributed by atoms with Crippen molar-refractivity contribution in [2.45, 2.75) is 44.6 Å². The third kappa shape index (κ3) is 2.70. The Kier molecular flexibility index (Phi) is 4.10. The number of aliphatic hydroxyl groups is 3. The van der Waals surface area contributed by atoms with Gasteiger partial charge in [-0.3, -0.25) is 0 Å². The van der Waals surface area contributed by atoms with Gasteiger partial charge < -0.3 is 29.5 Å². The molecule has 6 nitrogen and oxygen atoms in total. The molecular formula is C16H20O6. The van der Waals surface area contributed by atoms with Gasteiger partial charge in [0.15, 0.2) is 0 Å². The van der Waals surface area contributed by atoms with E-state index in [2.05, 4.69) is 0 Å². The second-order valence-electron chi connectivity index (χ2n) is 5.66. The van der Waals surface area contributed by atoms with Crippen molar-refractivity contribution in [1.82, 2.24) is 0 Å². The van der Waals surface area contributed by atoms with Crippen LogP contribution >= 0.6 is 0 Å². The smallest absolute Gasteiger partial charge is 0.229 e. The third-order valence-corrected chi connectivity index (χ3v) is 4.07. The zero-order valence-corrected chi connectivity index (χ0v) is 12.5. The van der Waals surface area contributed by atoms with Crippen LogP contribution in [0.1, 0.15) is 19.4 Å². The van der Waals surface area contributed by atoms with Gasteiger partial charge >= 0.3 is 0 Å². The summed E-state index contributed by atoms with van der Waals surface area (Å²) < 4.78 is 16.6. The minimum absolute atomic E-state index is 0.466. The predicted octanol–water partition coefficient (Wildman–Crippen LogP) is 0.689. The molecule has 120 valence electrons. The Bertz CT molecular complexity index is 584. The lowest BCUT2D eigenvalue weighted by Crippen LogP contribution is -2.58. The van der Waals surface area contributed by atoms with Gasteiger partial charge in [0.05, 0.1) is 6.10 Å². The molecule has 1 aromatic rings. The number of ether oxygens (including phenoxy) is 3. The number of rotatable bonds is 2. The molecule has 2 aliphatic heterocycles. The quantitative estimate of drug-likeness (QED) is 0.745. The monoisotopic (exact) mass is 308 g/mol. The first-order valence-corrected chi connectivity index (χ1v) is 7.27. The highest BCUT2D eigenvalue weighted by molar-refractivity contribution is 5.71. The number of benzene rings is 1. The van der Waals surface area contributed by atoms with E-state index < -0.39 is 30.7 Å². The van der Waals surface area contributed by atoms with Crippen LogP contribution in [0.2, 0.25) is 0 Å². The van der Waals surface area contributed by atoms with Crippen molar-refractivity contribution in [2.24, 2.45) is 0 Å². The molecule has 5 atom stereocenters. The first-order valence-electron chi connectivity index (χ1n) is 7.27. The van der Waals surface area contributed by atoms with Crippen LogP contribution in [0, 0.1) is 0 Å². The fraction of sp³-hybridized carbons (Fsp3) is 0.500. The molecule has 0 aromatic heterocycles. The molecule has 1 fully saturated rings. The van der Waals surface area contributed by atoms with Gasteiger partial charge in [0.1, 0.15) is 36.4 Å². The third-order valence-electron chi connectivity index (χ3n) is 4.07. The summed E-state index contributed by atoms with van der Waals surface area (Å²) in [6.07, 6.45) is -3.47. The maximum absolute atomic E-state index is 9.97. The average molecular weight is 308 g/mol. The van der Waals surface area contributed by atoms with Gasteiger partial charge in [-0.15, -0.1) is 0 Å². The Morgan fingerprint density at radius 2 is 1.91 bits per heavy atom. The minimum atomic E-state index is -1.33. The topological polar surface area (TPSA) is 88.4 Å². The maximum atomic E-state index is 9.97. The zero-order valence-electron chi connectivity index (χ0n) is 12.5. The molecule has 0 bridgehead atoms. The lowest BCUT2D eigenvalue weighted by molar-refractivity contribution is -0.268. The van der Waals surface area contributed by atoms with Crippen molar-refractivity contribution in [2.75, 3.05) is 6.61 Å². The van der Waals surface area contributed by atoms with Crippen molar-refractivity contribution in [3.8, 4) is 11.5 Å². The molecule has 3 rings (SSSR count). The molecule has 0 aliphatic carbocycles. The largest absolute Gasteiger partial charge is 0.489 e. The van der Waals surface area contributed by atoms with Gasteiger partial charge in [0.25, 0.3) is 0 Å². The summed E-state index contributed by atoms with van der Waals surface area (Å²) in [5.41, 5.74) is 2.13. The Morgan fingerprint density at radius 1 is 1.14 bits per heavy atom. The Morgan fingerprint density at radius 3 is 2.68 bits per heavy atom. The number of fused-ring (bicyclic) bond motifs is 1. The molecule has 1 aromatic carbocycles. The van der Waals surface area contributed by atoms with Crippen molar-refractivity contribution in [3.05, 3.63) is 29.8 Å². The summed E-state index contributed by atoms with van der Waals surface area (Å²) in [6, 6.07) is 5.35. The Balaban J connectivity index is 1.77. The van der Waals surface area contributed by atoms with Crippen LogP contribution in [0.4, 0.5) is 0 Å². The molecule has 2 aliphatic rings. The van der Waals surface area contributed by atoms with E-state index in [0.29, 0.717) is 18.1 Å². The molecule has 0 radical (unpaired) electrons. The summed E-state index contributed by atoms with van der Waals surface area (Å²) in [7, 11) is 0. The van der Waals surface area contributed by atoms with Crippen molar-refractivity contribution < 1.29 is 29.5 Å². The molecule has 6 heteroatoms. The van der Waals surface area contributed by atoms with E-state index in [1.807, 2.05) is 19.1 Å². The highest BCUT2D eigenvalue weighted by Gasteiger charge is 2.43. The van der Waals surface area contributed by atoms with E-state index in [4.69, 9.17) is 14.2 Å². The standard InChI is InChI=1S/C16H20O6/c1-8-5-6-20-12-7-10(3-4-11(8)12)22-16-15(19)14(18)13(17)9(2)21-16/h3-5,7,9,13-19H,6H2,1-2H3. The molecule has 0 saturated carbocycles. The molecular weight excluding hydrogens is 288 g/mol. The fourth-order valence-corrected chi connectivity index (χ4v) is 2.63. The van der Waals surface area contributed by atoms with Gasteiger partial charge in [-0.2, -0.15) is 0 Å². The van der Waals surface area contributed by atoms with E-state index in [0.717, 1.165) is 11.1 Å². The average Bonchev–Trinajstić information content (AvgIpc) is 2.51. The molecule has 0 spiro atoms. The summed E-state index contributed by atoms with van der Waals surface area (Å²) in [5, 5.41) is 29.4. The molecule has 2 heterocycles. The number of hydrogen-bond donors (Lipinski definition) is 3. The predicted molar refractivity (Wildman–Crippen MR) is 78.6 cm³/mol. The van der Waals surface area contributed by atoms with Crippen molar-refractivity contribution in [3.63, 3.8) is 0 Å². The summed E-state index contributed by atoms with van der Waals surface area (Å²) in [5.74, 6) is 1.17. The second kappa shape index (κ2) is 5.89. The first kappa shape index (κ1) is 15.3. The van der Waals surface area contributed by atoms with Crippen LogP contribution in [0.3, 0.4) is 0 Å². The SMILES string of the molecule is CC1=CCOc2cc(OC3OC(C)C(O)C(O)C3O)ccc21. The highest BCUT2D eigenvalue weighted by atomic mass is 16.7. The molecule has 5 unspecified atom stereocenters. The van der Waals surface area contributed by atoms with E-state index in [-0.39, 0.29) is 0 Å². The van der Waals surface area contributed by atoms with E-state index in [1.54, 1.807) is 19.1 Å². The summed E-state index contributed by atoms with van der Waals surface area (Å²) in [4.78, 5) is 0. The molecule has 1 saturated heterocycles. The van der Waals surface area contributed by atoms with Crippen molar-refractivity contribution >= 4 is 5.57 Å². The van der Waals surface area contributed by atoms with Crippen LogP contribution in [-0.4, -0.2) is 52.6 Å². The molecule has 0 amide bonds. The van der Waals surface area contributed by atoms with Crippen LogP contribution in [-0.2, 0) is 4.74 Å². The number of aliphatic hydroxyl groups excluding tert-OH is 3. The van der Waals surface area contributed by atoms with Crippen LogP contribution < -0.4 is 9.47 Å². The summed E-state index contributed by atoms with van der Waals surface area (Å²) in [6.45, 7) is 4.13. The highest BCUT2D eigenvalue weighted by Crippen LogP contribution is 2.34. The van der Waals surface area contributed by atoms with E-state index in [1.165, 1.54) is 0 Å². The lowest BCUT2D eigenvalue weighted by atomic mass is 10.00. The normalized spacial score (nSPS) is 34.4. The maximum Gasteiger partial charge on any atom is 0.229 e. The number of allylic oxidation sites excluding steroid dienone is 1. The van der Waals surface area contributed by atoms with Crippen molar-refractivity contribution in [1.29, 1.82) is 0 Å². The first-order chi connectivity index (χ1) is 10.5. The van der Waals surface area contributed by atoms with Gasteiger partial charge in [0, 0.05) is 11.6 Å². The zero-order chi connectivity index (χ0) is 15.9. The molecule has 22 heavy (non-hydrogen) atoms. The van der Waals surface area contributed by atoms with Gasteiger partial charge in [-0.25, -0.2) is 0 Å². The van der Waals surface area contributed by atoms with E-state index >= 15 is 0 Å². The van der Waals surface area contributed by atoms with Crippen LogP contribution in [0.5, 0.6) is 11.5 Å². The Labute approximate surface area is 128 Å². The molecule has 3 N–H and O–H groups in total.